The highest BCUT2D eigenvalue weighted by Gasteiger charge is 2.14. The zero-order valence-corrected chi connectivity index (χ0v) is 16.3. The summed E-state index contributed by atoms with van der Waals surface area (Å²) in [5.74, 6) is 0.538. The van der Waals surface area contributed by atoms with Crippen LogP contribution in [-0.2, 0) is 9.53 Å². The molecule has 1 rings (SSSR count). The number of halogens is 2. The molecule has 0 bridgehead atoms. The fourth-order valence-corrected chi connectivity index (χ4v) is 1.86. The zero-order valence-electron chi connectivity index (χ0n) is 14.7. The maximum absolute atomic E-state index is 12.0. The molecule has 0 fully saturated rings. The number of carbonyl (C=O) groups is 1. The SMILES string of the molecule is COC(CN)CC(=O)Nc1ccc(C)cc1OCCN(C)C.Cl.Cl. The number of hydrogen-bond donors (Lipinski definition) is 2. The lowest BCUT2D eigenvalue weighted by Crippen LogP contribution is -2.28. The number of nitrogens with two attached hydrogens (primary N) is 1. The van der Waals surface area contributed by atoms with Crippen LogP contribution in [0.5, 0.6) is 5.75 Å². The van der Waals surface area contributed by atoms with Gasteiger partial charge in [-0.25, -0.2) is 0 Å². The van der Waals surface area contributed by atoms with Gasteiger partial charge in [0.25, 0.3) is 0 Å². The lowest BCUT2D eigenvalue weighted by molar-refractivity contribution is -0.118. The summed E-state index contributed by atoms with van der Waals surface area (Å²) in [6, 6.07) is 5.70. The Hall–Kier alpha value is -1.05. The van der Waals surface area contributed by atoms with Crippen LogP contribution in [0.25, 0.3) is 0 Å². The largest absolute Gasteiger partial charge is 0.490 e. The number of methoxy groups -OCH3 is 1. The summed E-state index contributed by atoms with van der Waals surface area (Å²) in [6.45, 7) is 3.66. The fraction of sp³-hybridized carbons (Fsp3) is 0.562. The first-order valence-electron chi connectivity index (χ1n) is 7.37. The second-order valence-electron chi connectivity index (χ2n) is 5.50. The van der Waals surface area contributed by atoms with Crippen molar-refractivity contribution in [1.82, 2.24) is 4.90 Å². The molecule has 24 heavy (non-hydrogen) atoms. The number of carbonyl (C=O) groups excluding carboxylic acids is 1. The van der Waals surface area contributed by atoms with Gasteiger partial charge in [-0.15, -0.1) is 24.8 Å². The van der Waals surface area contributed by atoms with E-state index in [1.807, 2.05) is 44.1 Å². The minimum Gasteiger partial charge on any atom is -0.490 e. The van der Waals surface area contributed by atoms with Crippen LogP contribution in [0, 0.1) is 6.92 Å². The van der Waals surface area contributed by atoms with Crippen molar-refractivity contribution >= 4 is 36.4 Å². The Morgan fingerprint density at radius 1 is 1.33 bits per heavy atom. The monoisotopic (exact) mass is 381 g/mol. The van der Waals surface area contributed by atoms with E-state index in [9.17, 15) is 4.79 Å². The number of rotatable bonds is 9. The van der Waals surface area contributed by atoms with Crippen LogP contribution in [0.15, 0.2) is 18.2 Å². The molecule has 0 heterocycles. The third-order valence-corrected chi connectivity index (χ3v) is 3.22. The van der Waals surface area contributed by atoms with Gasteiger partial charge in [0, 0.05) is 20.2 Å². The zero-order chi connectivity index (χ0) is 16.5. The van der Waals surface area contributed by atoms with E-state index in [-0.39, 0.29) is 43.2 Å². The summed E-state index contributed by atoms with van der Waals surface area (Å²) in [6.07, 6.45) is -0.0542. The maximum atomic E-state index is 12.0. The Balaban J connectivity index is 0. The first-order valence-corrected chi connectivity index (χ1v) is 7.37. The summed E-state index contributed by atoms with van der Waals surface area (Å²) >= 11 is 0. The molecule has 1 aromatic carbocycles. The number of amides is 1. The number of benzene rings is 1. The lowest BCUT2D eigenvalue weighted by Gasteiger charge is -2.16. The van der Waals surface area contributed by atoms with Crippen LogP contribution < -0.4 is 15.8 Å². The molecular weight excluding hydrogens is 353 g/mol. The third-order valence-electron chi connectivity index (χ3n) is 3.22. The summed E-state index contributed by atoms with van der Waals surface area (Å²) in [5, 5.41) is 2.86. The van der Waals surface area contributed by atoms with Gasteiger partial charge >= 0.3 is 0 Å². The van der Waals surface area contributed by atoms with Crippen molar-refractivity contribution in [1.29, 1.82) is 0 Å². The number of nitrogens with one attached hydrogen (secondary N) is 1. The fourth-order valence-electron chi connectivity index (χ4n) is 1.86. The highest BCUT2D eigenvalue weighted by molar-refractivity contribution is 5.92. The molecule has 6 nitrogen and oxygen atoms in total. The van der Waals surface area contributed by atoms with Gasteiger partial charge in [-0.05, 0) is 38.7 Å². The van der Waals surface area contributed by atoms with Gasteiger partial charge in [0.05, 0.1) is 18.2 Å². The number of ether oxygens (including phenoxy) is 2. The average molecular weight is 382 g/mol. The van der Waals surface area contributed by atoms with Crippen LogP contribution in [0.4, 0.5) is 5.69 Å². The lowest BCUT2D eigenvalue weighted by atomic mass is 10.2. The molecule has 8 heteroatoms. The molecule has 140 valence electrons. The first-order chi connectivity index (χ1) is 10.5. The molecule has 1 amide bonds. The van der Waals surface area contributed by atoms with Crippen LogP contribution in [0.1, 0.15) is 12.0 Å². The molecule has 0 radical (unpaired) electrons. The minimum atomic E-state index is -0.274. The van der Waals surface area contributed by atoms with E-state index in [0.29, 0.717) is 24.6 Å². The van der Waals surface area contributed by atoms with Crippen molar-refractivity contribution in [3.05, 3.63) is 23.8 Å². The van der Waals surface area contributed by atoms with E-state index in [0.717, 1.165) is 12.1 Å². The van der Waals surface area contributed by atoms with Crippen molar-refractivity contribution in [2.75, 3.05) is 46.2 Å². The molecule has 0 saturated heterocycles. The van der Waals surface area contributed by atoms with Crippen molar-refractivity contribution < 1.29 is 14.3 Å². The van der Waals surface area contributed by atoms with Crippen LogP contribution >= 0.6 is 24.8 Å². The number of anilines is 1. The summed E-state index contributed by atoms with van der Waals surface area (Å²) in [4.78, 5) is 14.1. The second kappa shape index (κ2) is 13.3. The highest BCUT2D eigenvalue weighted by Crippen LogP contribution is 2.26. The number of nitrogens with zero attached hydrogens (tertiary/aromatic N) is 1. The van der Waals surface area contributed by atoms with Crippen molar-refractivity contribution in [3.63, 3.8) is 0 Å². The van der Waals surface area contributed by atoms with E-state index in [1.54, 1.807) is 7.11 Å². The molecule has 0 aromatic heterocycles. The third kappa shape index (κ3) is 9.30. The minimum absolute atomic E-state index is 0. The maximum Gasteiger partial charge on any atom is 0.227 e. The van der Waals surface area contributed by atoms with Gasteiger partial charge in [-0.2, -0.15) is 0 Å². The van der Waals surface area contributed by atoms with Crippen molar-refractivity contribution in [2.24, 2.45) is 5.73 Å². The number of likely N-dealkylation sites (N-methyl/N-ethyl adjacent to an activating group) is 1. The average Bonchev–Trinajstić information content (AvgIpc) is 2.47. The Labute approximate surface area is 156 Å². The van der Waals surface area contributed by atoms with Crippen LogP contribution in [0.3, 0.4) is 0 Å². The van der Waals surface area contributed by atoms with Crippen LogP contribution in [0.2, 0.25) is 0 Å². The molecule has 0 spiro atoms. The molecule has 3 N–H and O–H groups in total. The molecule has 1 unspecified atom stereocenters. The van der Waals surface area contributed by atoms with E-state index in [2.05, 4.69) is 5.32 Å². The Morgan fingerprint density at radius 2 is 2.00 bits per heavy atom. The Kier molecular flexibility index (Phi) is 13.9. The smallest absolute Gasteiger partial charge is 0.227 e. The van der Waals surface area contributed by atoms with Gasteiger partial charge in [0.1, 0.15) is 12.4 Å². The van der Waals surface area contributed by atoms with E-state index < -0.39 is 0 Å². The number of aryl methyl sites for hydroxylation is 1. The van der Waals surface area contributed by atoms with Gasteiger partial charge in [-0.3, -0.25) is 4.79 Å². The topological polar surface area (TPSA) is 76.8 Å². The van der Waals surface area contributed by atoms with Crippen molar-refractivity contribution in [2.45, 2.75) is 19.4 Å². The normalized spacial score (nSPS) is 11.2. The Morgan fingerprint density at radius 3 is 2.54 bits per heavy atom. The summed E-state index contributed by atoms with van der Waals surface area (Å²) in [5.41, 5.74) is 7.28. The number of hydrogen-bond acceptors (Lipinski definition) is 5. The molecular formula is C16H29Cl2N3O3. The predicted molar refractivity (Wildman–Crippen MR) is 103 cm³/mol. The van der Waals surface area contributed by atoms with Gasteiger partial charge < -0.3 is 25.4 Å². The van der Waals surface area contributed by atoms with Crippen molar-refractivity contribution in [3.8, 4) is 5.75 Å². The van der Waals surface area contributed by atoms with Gasteiger partial charge in [-0.1, -0.05) is 6.07 Å². The van der Waals surface area contributed by atoms with Crippen LogP contribution in [-0.4, -0.2) is 57.8 Å². The van der Waals surface area contributed by atoms with E-state index in [4.69, 9.17) is 15.2 Å². The molecule has 0 aliphatic rings. The highest BCUT2D eigenvalue weighted by atomic mass is 35.5. The summed E-state index contributed by atoms with van der Waals surface area (Å²) < 4.78 is 10.9. The molecule has 1 aromatic rings. The molecule has 0 aliphatic carbocycles. The van der Waals surface area contributed by atoms with E-state index >= 15 is 0 Å². The second-order valence-corrected chi connectivity index (χ2v) is 5.50. The quantitative estimate of drug-likeness (QED) is 0.684. The first kappa shape index (κ1) is 25.2. The molecule has 0 saturated carbocycles. The van der Waals surface area contributed by atoms with Gasteiger partial charge in [0.15, 0.2) is 0 Å². The van der Waals surface area contributed by atoms with Gasteiger partial charge in [0.2, 0.25) is 5.91 Å². The Bertz CT molecular complexity index is 484. The standard InChI is InChI=1S/C16H27N3O3.2ClH/c1-12-5-6-14(15(9-12)22-8-7-19(2)3)18-16(20)10-13(11-17)21-4;;/h5-6,9,13H,7-8,10-11,17H2,1-4H3,(H,18,20);2*1H. The predicted octanol–water partition coefficient (Wildman–Crippen LogP) is 2.08. The van der Waals surface area contributed by atoms with E-state index in [1.165, 1.54) is 0 Å². The summed E-state index contributed by atoms with van der Waals surface area (Å²) in [7, 11) is 5.52. The molecule has 1 atom stereocenters. The molecule has 0 aliphatic heterocycles.